The molecule has 0 spiro atoms. The van der Waals surface area contributed by atoms with E-state index >= 15 is 0 Å². The Labute approximate surface area is 210 Å². The molecule has 0 aliphatic carbocycles. The number of nitrogens with two attached hydrogens (primary N) is 1. The van der Waals surface area contributed by atoms with Gasteiger partial charge in [-0.15, -0.1) is 0 Å². The van der Waals surface area contributed by atoms with Crippen LogP contribution in [0.25, 0.3) is 0 Å². The fourth-order valence-electron chi connectivity index (χ4n) is 3.19. The molecule has 0 bridgehead atoms. The van der Waals surface area contributed by atoms with Gasteiger partial charge in [-0.3, -0.25) is 14.4 Å². The van der Waals surface area contributed by atoms with Crippen LogP contribution in [0.5, 0.6) is 0 Å². The van der Waals surface area contributed by atoms with Crippen LogP contribution >= 0.6 is 24.4 Å². The highest BCUT2D eigenvalue weighted by molar-refractivity contribution is 7.98. The molecular formula is C23H36N4O5S2. The van der Waals surface area contributed by atoms with E-state index in [4.69, 9.17) is 5.73 Å². The Balaban J connectivity index is 2.86. The van der Waals surface area contributed by atoms with Gasteiger partial charge in [-0.1, -0.05) is 44.2 Å². The number of carboxylic acids is 1. The second kappa shape index (κ2) is 15.6. The van der Waals surface area contributed by atoms with Crippen LogP contribution in [0.2, 0.25) is 0 Å². The third-order valence-electron chi connectivity index (χ3n) is 5.02. The molecule has 0 fully saturated rings. The maximum atomic E-state index is 12.9. The summed E-state index contributed by atoms with van der Waals surface area (Å²) in [6.07, 6.45) is 2.72. The van der Waals surface area contributed by atoms with Gasteiger partial charge in [0.05, 0.1) is 6.04 Å². The van der Waals surface area contributed by atoms with Crippen molar-refractivity contribution in [1.82, 2.24) is 16.0 Å². The van der Waals surface area contributed by atoms with E-state index in [1.54, 1.807) is 24.3 Å². The molecule has 0 heterocycles. The van der Waals surface area contributed by atoms with Crippen LogP contribution in [-0.2, 0) is 25.6 Å². The van der Waals surface area contributed by atoms with Crippen molar-refractivity contribution in [1.29, 1.82) is 0 Å². The molecule has 6 N–H and O–H groups in total. The molecule has 190 valence electrons. The minimum Gasteiger partial charge on any atom is -0.480 e. The number of amides is 3. The van der Waals surface area contributed by atoms with E-state index in [0.717, 1.165) is 5.56 Å². The van der Waals surface area contributed by atoms with Gasteiger partial charge in [0.1, 0.15) is 18.1 Å². The SMILES string of the molecule is CSCCC(NC(=O)C(CS)NC(=O)C(N)CC(C)C)C(=O)NC(Cc1ccccc1)C(=O)O. The van der Waals surface area contributed by atoms with Crippen LogP contribution in [0.4, 0.5) is 0 Å². The summed E-state index contributed by atoms with van der Waals surface area (Å²) < 4.78 is 0. The van der Waals surface area contributed by atoms with Gasteiger partial charge in [0.2, 0.25) is 17.7 Å². The number of thiol groups is 1. The molecule has 0 aliphatic heterocycles. The zero-order valence-corrected chi connectivity index (χ0v) is 21.5. The lowest BCUT2D eigenvalue weighted by Crippen LogP contribution is -2.58. The van der Waals surface area contributed by atoms with Crippen molar-refractivity contribution in [3.8, 4) is 0 Å². The molecule has 9 nitrogen and oxygen atoms in total. The van der Waals surface area contributed by atoms with E-state index in [9.17, 15) is 24.3 Å². The molecule has 1 aromatic carbocycles. The van der Waals surface area contributed by atoms with Gasteiger partial charge < -0.3 is 26.8 Å². The van der Waals surface area contributed by atoms with Gasteiger partial charge in [0, 0.05) is 12.2 Å². The largest absolute Gasteiger partial charge is 0.480 e. The second-order valence-electron chi connectivity index (χ2n) is 8.41. The average molecular weight is 513 g/mol. The number of benzene rings is 1. The predicted molar refractivity (Wildman–Crippen MR) is 138 cm³/mol. The lowest BCUT2D eigenvalue weighted by molar-refractivity contribution is -0.142. The minimum absolute atomic E-state index is 0.00853. The molecule has 4 atom stereocenters. The van der Waals surface area contributed by atoms with E-state index in [0.29, 0.717) is 12.2 Å². The van der Waals surface area contributed by atoms with Crippen LogP contribution in [0, 0.1) is 5.92 Å². The second-order valence-corrected chi connectivity index (χ2v) is 9.76. The molecular weight excluding hydrogens is 476 g/mol. The summed E-state index contributed by atoms with van der Waals surface area (Å²) in [4.78, 5) is 49.8. The Bertz CT molecular complexity index is 810. The lowest BCUT2D eigenvalue weighted by atomic mass is 10.0. The third kappa shape index (κ3) is 10.8. The first-order chi connectivity index (χ1) is 16.1. The van der Waals surface area contributed by atoms with Gasteiger partial charge in [0.25, 0.3) is 0 Å². The monoisotopic (exact) mass is 512 g/mol. The highest BCUT2D eigenvalue weighted by Crippen LogP contribution is 2.07. The first kappa shape index (κ1) is 29.8. The molecule has 1 aromatic rings. The lowest BCUT2D eigenvalue weighted by Gasteiger charge is -2.24. The summed E-state index contributed by atoms with van der Waals surface area (Å²) in [5, 5.41) is 17.3. The van der Waals surface area contributed by atoms with Crippen molar-refractivity contribution in [2.45, 2.75) is 57.3 Å². The fourth-order valence-corrected chi connectivity index (χ4v) is 3.92. The quantitative estimate of drug-likeness (QED) is 0.190. The first-order valence-electron chi connectivity index (χ1n) is 11.1. The number of hydrogen-bond donors (Lipinski definition) is 6. The van der Waals surface area contributed by atoms with Crippen LogP contribution in [-0.4, -0.2) is 70.7 Å². The molecule has 0 radical (unpaired) electrons. The summed E-state index contributed by atoms with van der Waals surface area (Å²) in [6, 6.07) is 5.07. The van der Waals surface area contributed by atoms with Gasteiger partial charge in [-0.25, -0.2) is 4.79 Å². The molecule has 34 heavy (non-hydrogen) atoms. The molecule has 1 rings (SSSR count). The number of thioether (sulfide) groups is 1. The molecule has 0 aromatic heterocycles. The van der Waals surface area contributed by atoms with Gasteiger partial charge in [-0.05, 0) is 36.3 Å². The van der Waals surface area contributed by atoms with Gasteiger partial charge in [0.15, 0.2) is 0 Å². The number of carbonyl (C=O) groups is 4. The summed E-state index contributed by atoms with van der Waals surface area (Å²) in [5.74, 6) is -2.06. The van der Waals surface area contributed by atoms with Crippen LogP contribution < -0.4 is 21.7 Å². The maximum absolute atomic E-state index is 12.9. The smallest absolute Gasteiger partial charge is 0.326 e. The molecule has 0 saturated carbocycles. The van der Waals surface area contributed by atoms with Crippen molar-refractivity contribution < 1.29 is 24.3 Å². The topological polar surface area (TPSA) is 151 Å². The van der Waals surface area contributed by atoms with Crippen molar-refractivity contribution in [2.75, 3.05) is 17.8 Å². The highest BCUT2D eigenvalue weighted by atomic mass is 32.2. The maximum Gasteiger partial charge on any atom is 0.326 e. The Kier molecular flexibility index (Phi) is 13.7. The predicted octanol–water partition coefficient (Wildman–Crippen LogP) is 0.824. The first-order valence-corrected chi connectivity index (χ1v) is 13.1. The number of carboxylic acid groups (broad SMARTS) is 1. The van der Waals surface area contributed by atoms with E-state index in [1.165, 1.54) is 11.8 Å². The van der Waals surface area contributed by atoms with Gasteiger partial charge >= 0.3 is 5.97 Å². The molecule has 0 saturated heterocycles. The highest BCUT2D eigenvalue weighted by Gasteiger charge is 2.29. The Morgan fingerprint density at radius 3 is 2.06 bits per heavy atom. The standard InChI is InChI=1S/C23H36N4O5S2/c1-14(2)11-16(24)20(28)27-19(13-33)22(30)25-17(9-10-34-3)21(29)26-18(23(31)32)12-15-7-5-4-6-8-15/h4-8,14,16-19,33H,9-13,24H2,1-3H3,(H,25,30)(H,26,29)(H,27,28)(H,31,32). The number of carbonyl (C=O) groups excluding carboxylic acids is 3. The van der Waals surface area contributed by atoms with Crippen molar-refractivity contribution in [2.24, 2.45) is 11.7 Å². The normalized spacial score (nSPS) is 14.5. The zero-order chi connectivity index (χ0) is 25.7. The van der Waals surface area contributed by atoms with Crippen LogP contribution in [0.3, 0.4) is 0 Å². The molecule has 0 aliphatic rings. The van der Waals surface area contributed by atoms with E-state index in [1.807, 2.05) is 26.2 Å². The molecule has 11 heteroatoms. The van der Waals surface area contributed by atoms with E-state index in [2.05, 4.69) is 28.6 Å². The number of nitrogens with one attached hydrogen (secondary N) is 3. The molecule has 3 amide bonds. The van der Waals surface area contributed by atoms with E-state index < -0.39 is 47.9 Å². The van der Waals surface area contributed by atoms with Crippen LogP contribution in [0.1, 0.15) is 32.3 Å². The number of aliphatic carboxylic acids is 1. The summed E-state index contributed by atoms with van der Waals surface area (Å²) >= 11 is 5.64. The fraction of sp³-hybridized carbons (Fsp3) is 0.565. The van der Waals surface area contributed by atoms with Crippen molar-refractivity contribution in [3.05, 3.63) is 35.9 Å². The Hall–Kier alpha value is -2.24. The van der Waals surface area contributed by atoms with Crippen LogP contribution in [0.15, 0.2) is 30.3 Å². The van der Waals surface area contributed by atoms with Crippen molar-refractivity contribution >= 4 is 48.1 Å². The van der Waals surface area contributed by atoms with E-state index in [-0.39, 0.29) is 24.5 Å². The number of rotatable bonds is 15. The molecule has 4 unspecified atom stereocenters. The average Bonchev–Trinajstić information content (AvgIpc) is 2.79. The summed E-state index contributed by atoms with van der Waals surface area (Å²) in [6.45, 7) is 3.88. The summed E-state index contributed by atoms with van der Waals surface area (Å²) in [5.41, 5.74) is 6.65. The third-order valence-corrected chi connectivity index (χ3v) is 6.03. The Morgan fingerprint density at radius 2 is 1.53 bits per heavy atom. The number of hydrogen-bond acceptors (Lipinski definition) is 7. The minimum atomic E-state index is -1.17. The van der Waals surface area contributed by atoms with Gasteiger partial charge in [-0.2, -0.15) is 24.4 Å². The Morgan fingerprint density at radius 1 is 0.971 bits per heavy atom. The zero-order valence-electron chi connectivity index (χ0n) is 19.8. The summed E-state index contributed by atoms with van der Waals surface area (Å²) in [7, 11) is 0. The van der Waals surface area contributed by atoms with Crippen molar-refractivity contribution in [3.63, 3.8) is 0 Å².